The molecule has 0 aliphatic carbocycles. The van der Waals surface area contributed by atoms with E-state index in [1.807, 2.05) is 39.8 Å². The number of thioether (sulfide) groups is 1. The molecule has 3 heterocycles. The summed E-state index contributed by atoms with van der Waals surface area (Å²) in [7, 11) is 0. The highest BCUT2D eigenvalue weighted by atomic mass is 32.2. The van der Waals surface area contributed by atoms with Crippen LogP contribution in [0.5, 0.6) is 0 Å². The fourth-order valence-electron chi connectivity index (χ4n) is 4.85. The van der Waals surface area contributed by atoms with Gasteiger partial charge in [-0.15, -0.1) is 0 Å². The molecule has 1 aliphatic heterocycles. The molecule has 9 heteroatoms. The maximum absolute atomic E-state index is 14.0. The Kier molecular flexibility index (Phi) is 6.46. The average Bonchev–Trinajstić information content (AvgIpc) is 3.19. The predicted octanol–water partition coefficient (Wildman–Crippen LogP) is 7.08. The van der Waals surface area contributed by atoms with Crippen molar-refractivity contribution in [2.24, 2.45) is 4.99 Å². The molecule has 0 bridgehead atoms. The predicted molar refractivity (Wildman–Crippen MR) is 160 cm³/mol. The Bertz CT molecular complexity index is 2090. The summed E-state index contributed by atoms with van der Waals surface area (Å²) < 4.78 is 24.3. The quantitative estimate of drug-likeness (QED) is 0.171. The minimum absolute atomic E-state index is 0.295. The van der Waals surface area contributed by atoms with Gasteiger partial charge in [0.05, 0.1) is 16.3 Å². The van der Waals surface area contributed by atoms with Gasteiger partial charge in [-0.3, -0.25) is 9.69 Å². The summed E-state index contributed by atoms with van der Waals surface area (Å²) in [4.78, 5) is 44.7. The molecule has 2 aromatic heterocycles. The van der Waals surface area contributed by atoms with Crippen LogP contribution < -0.4 is 16.2 Å². The zero-order chi connectivity index (χ0) is 29.0. The van der Waals surface area contributed by atoms with Crippen LogP contribution >= 0.6 is 11.8 Å². The lowest BCUT2D eigenvalue weighted by atomic mass is 10.1. The molecular formula is C32H23FN2O5S. The van der Waals surface area contributed by atoms with Gasteiger partial charge in [-0.2, -0.15) is 0 Å². The summed E-state index contributed by atoms with van der Waals surface area (Å²) in [6, 6.07) is 15.9. The van der Waals surface area contributed by atoms with Gasteiger partial charge in [0.1, 0.15) is 17.0 Å². The summed E-state index contributed by atoms with van der Waals surface area (Å²) in [6.07, 6.45) is 1.70. The molecule has 3 aromatic carbocycles. The smallest absolute Gasteiger partial charge is 0.336 e. The van der Waals surface area contributed by atoms with E-state index in [1.165, 1.54) is 36.0 Å². The summed E-state index contributed by atoms with van der Waals surface area (Å²) in [5.41, 5.74) is 4.84. The van der Waals surface area contributed by atoms with Crippen LogP contribution in [0.2, 0.25) is 0 Å². The Hall–Kier alpha value is -4.76. The van der Waals surface area contributed by atoms with Crippen molar-refractivity contribution in [2.45, 2.75) is 27.7 Å². The zero-order valence-corrected chi connectivity index (χ0v) is 23.4. The lowest BCUT2D eigenvalue weighted by Gasteiger charge is -2.19. The van der Waals surface area contributed by atoms with Crippen LogP contribution in [0.1, 0.15) is 27.8 Å². The summed E-state index contributed by atoms with van der Waals surface area (Å²) >= 11 is 1.20. The Morgan fingerprint density at radius 1 is 0.756 bits per heavy atom. The van der Waals surface area contributed by atoms with Gasteiger partial charge in [0.15, 0.2) is 5.17 Å². The van der Waals surface area contributed by atoms with Gasteiger partial charge in [-0.25, -0.2) is 19.0 Å². The van der Waals surface area contributed by atoms with Crippen LogP contribution in [-0.2, 0) is 4.79 Å². The highest BCUT2D eigenvalue weighted by Crippen LogP contribution is 2.41. The van der Waals surface area contributed by atoms with Gasteiger partial charge < -0.3 is 8.83 Å². The minimum atomic E-state index is -0.445. The van der Waals surface area contributed by atoms with Crippen molar-refractivity contribution in [3.63, 3.8) is 0 Å². The number of hydrogen-bond acceptors (Lipinski definition) is 7. The minimum Gasteiger partial charge on any atom is -0.423 e. The topological polar surface area (TPSA) is 93.1 Å². The first-order chi connectivity index (χ1) is 19.6. The molecule has 1 aliphatic rings. The van der Waals surface area contributed by atoms with Crippen molar-refractivity contribution in [3.8, 4) is 0 Å². The monoisotopic (exact) mass is 566 g/mol. The van der Waals surface area contributed by atoms with Crippen molar-refractivity contribution >= 4 is 62.2 Å². The number of fused-ring (bicyclic) bond motifs is 2. The van der Waals surface area contributed by atoms with Crippen molar-refractivity contribution in [3.05, 3.63) is 120 Å². The SMILES string of the molecule is Cc1cc2oc(=O)cc(C)c2cc1N=C1S/C(=C\c2ccc(F)cc2)C(=O)N1c1cc2c(C)cc(=O)oc2cc1C. The van der Waals surface area contributed by atoms with E-state index in [0.717, 1.165) is 22.1 Å². The average molecular weight is 567 g/mol. The van der Waals surface area contributed by atoms with Gasteiger partial charge in [0.2, 0.25) is 0 Å². The zero-order valence-electron chi connectivity index (χ0n) is 22.6. The molecule has 0 radical (unpaired) electrons. The van der Waals surface area contributed by atoms with Gasteiger partial charge >= 0.3 is 11.3 Å². The molecule has 0 unspecified atom stereocenters. The van der Waals surface area contributed by atoms with Gasteiger partial charge in [0.25, 0.3) is 5.91 Å². The second kappa shape index (κ2) is 10.0. The van der Waals surface area contributed by atoms with Gasteiger partial charge in [-0.05, 0) is 110 Å². The number of benzene rings is 3. The second-order valence-electron chi connectivity index (χ2n) is 9.96. The molecular weight excluding hydrogens is 543 g/mol. The second-order valence-corrected chi connectivity index (χ2v) is 11.0. The number of aryl methyl sites for hydroxylation is 4. The van der Waals surface area contributed by atoms with Crippen molar-refractivity contribution in [2.75, 3.05) is 4.90 Å². The third kappa shape index (κ3) is 4.89. The molecule has 1 fully saturated rings. The van der Waals surface area contributed by atoms with Gasteiger partial charge in [0, 0.05) is 22.9 Å². The summed E-state index contributed by atoms with van der Waals surface area (Å²) in [5.74, 6) is -0.663. The van der Waals surface area contributed by atoms with Crippen molar-refractivity contribution < 1.29 is 18.0 Å². The number of carbonyl (C=O) groups is 1. The molecule has 1 amide bonds. The van der Waals surface area contributed by atoms with Gasteiger partial charge in [-0.1, -0.05) is 12.1 Å². The Morgan fingerprint density at radius 2 is 1.34 bits per heavy atom. The van der Waals surface area contributed by atoms with Crippen LogP contribution in [-0.4, -0.2) is 11.1 Å². The number of aliphatic imine (C=N–C) groups is 1. The number of hydrogen-bond donors (Lipinski definition) is 0. The lowest BCUT2D eigenvalue weighted by molar-refractivity contribution is -0.113. The van der Waals surface area contributed by atoms with Crippen LogP contribution in [0.4, 0.5) is 15.8 Å². The fraction of sp³-hybridized carbons (Fsp3) is 0.125. The number of rotatable bonds is 3. The maximum Gasteiger partial charge on any atom is 0.336 e. The standard InChI is InChI=1S/C32H23FN2O5S/c1-16-11-29(36)39-26-9-18(3)24(14-22(16)26)34-32-35(31(38)28(41-32)13-20-5-7-21(33)8-6-20)25-15-23-17(2)12-30(37)40-27(23)10-19(25)4/h5-15H,1-4H3/b28-13-,34-32?. The molecule has 0 N–H and O–H groups in total. The number of amides is 1. The van der Waals surface area contributed by atoms with E-state index in [0.29, 0.717) is 49.1 Å². The number of halogens is 1. The van der Waals surface area contributed by atoms with Crippen LogP contribution in [0.3, 0.4) is 0 Å². The molecule has 6 rings (SSSR count). The molecule has 0 saturated carbocycles. The highest BCUT2D eigenvalue weighted by molar-refractivity contribution is 8.19. The Labute approximate surface area is 237 Å². The molecule has 1 saturated heterocycles. The van der Waals surface area contributed by atoms with E-state index in [2.05, 4.69) is 0 Å². The third-order valence-electron chi connectivity index (χ3n) is 6.97. The maximum atomic E-state index is 14.0. The molecule has 5 aromatic rings. The van der Waals surface area contributed by atoms with E-state index in [9.17, 15) is 18.8 Å². The van der Waals surface area contributed by atoms with Crippen molar-refractivity contribution in [1.29, 1.82) is 0 Å². The van der Waals surface area contributed by atoms with E-state index < -0.39 is 11.3 Å². The summed E-state index contributed by atoms with van der Waals surface area (Å²) in [6.45, 7) is 7.33. The van der Waals surface area contributed by atoms with E-state index >= 15 is 0 Å². The largest absolute Gasteiger partial charge is 0.423 e. The third-order valence-corrected chi connectivity index (χ3v) is 7.94. The normalized spacial score (nSPS) is 15.6. The lowest BCUT2D eigenvalue weighted by Crippen LogP contribution is -2.29. The highest BCUT2D eigenvalue weighted by Gasteiger charge is 2.36. The molecule has 41 heavy (non-hydrogen) atoms. The summed E-state index contributed by atoms with van der Waals surface area (Å²) in [5, 5.41) is 1.86. The molecule has 7 nitrogen and oxygen atoms in total. The molecule has 0 atom stereocenters. The number of nitrogens with zero attached hydrogens (tertiary/aromatic N) is 2. The number of carbonyl (C=O) groups excluding carboxylic acids is 1. The van der Waals surface area contributed by atoms with Crippen LogP contribution in [0.15, 0.2) is 89.0 Å². The molecule has 0 spiro atoms. The first kappa shape index (κ1) is 26.5. The first-order valence-corrected chi connectivity index (χ1v) is 13.6. The molecule has 204 valence electrons. The Balaban J connectivity index is 1.55. The van der Waals surface area contributed by atoms with Crippen LogP contribution in [0.25, 0.3) is 28.0 Å². The Morgan fingerprint density at radius 3 is 1.98 bits per heavy atom. The van der Waals surface area contributed by atoms with E-state index in [4.69, 9.17) is 13.8 Å². The first-order valence-electron chi connectivity index (χ1n) is 12.8. The number of anilines is 1. The van der Waals surface area contributed by atoms with Crippen LogP contribution in [0, 0.1) is 33.5 Å². The van der Waals surface area contributed by atoms with E-state index in [-0.39, 0.29) is 11.7 Å². The van der Waals surface area contributed by atoms with E-state index in [1.54, 1.807) is 35.2 Å². The fourth-order valence-corrected chi connectivity index (χ4v) is 5.83. The number of amidine groups is 1. The van der Waals surface area contributed by atoms with Crippen molar-refractivity contribution in [1.82, 2.24) is 0 Å².